The van der Waals surface area contributed by atoms with Crippen molar-refractivity contribution in [2.75, 3.05) is 25.6 Å². The number of hydrogen-bond acceptors (Lipinski definition) is 5. The molecule has 5 heteroatoms. The van der Waals surface area contributed by atoms with Gasteiger partial charge in [0.25, 0.3) is 0 Å². The van der Waals surface area contributed by atoms with Crippen LogP contribution >= 0.6 is 0 Å². The molecule has 0 amide bonds. The van der Waals surface area contributed by atoms with E-state index in [0.29, 0.717) is 19.8 Å². The molecular formula is C14H17N3O2. The normalized spacial score (nSPS) is 10.2. The number of ether oxygens (including phenoxy) is 2. The van der Waals surface area contributed by atoms with Crippen molar-refractivity contribution < 1.29 is 9.47 Å². The number of aromatic nitrogens is 2. The summed E-state index contributed by atoms with van der Waals surface area (Å²) in [6, 6.07) is 7.80. The minimum Gasteiger partial charge on any atom is -0.491 e. The van der Waals surface area contributed by atoms with Crippen molar-refractivity contribution in [1.82, 2.24) is 9.97 Å². The highest BCUT2D eigenvalue weighted by atomic mass is 16.5. The molecule has 19 heavy (non-hydrogen) atoms. The molecule has 2 aromatic rings. The molecule has 1 heterocycles. The molecule has 1 aromatic heterocycles. The Balaban J connectivity index is 1.88. The first-order chi connectivity index (χ1) is 9.38. The van der Waals surface area contributed by atoms with Gasteiger partial charge in [-0.05, 0) is 12.1 Å². The zero-order valence-electron chi connectivity index (χ0n) is 10.9. The Morgan fingerprint density at radius 3 is 2.95 bits per heavy atom. The van der Waals surface area contributed by atoms with Crippen LogP contribution in [-0.2, 0) is 11.3 Å². The monoisotopic (exact) mass is 259 g/mol. The van der Waals surface area contributed by atoms with E-state index in [9.17, 15) is 0 Å². The first-order valence-corrected chi connectivity index (χ1v) is 6.09. The Hall–Kier alpha value is -2.14. The number of methoxy groups -OCH3 is 1. The van der Waals surface area contributed by atoms with Crippen molar-refractivity contribution in [2.24, 2.45) is 0 Å². The van der Waals surface area contributed by atoms with Crippen LogP contribution in [0.25, 0.3) is 0 Å². The fraction of sp³-hybridized carbons (Fsp3) is 0.286. The third kappa shape index (κ3) is 4.56. The summed E-state index contributed by atoms with van der Waals surface area (Å²) >= 11 is 0. The Morgan fingerprint density at radius 1 is 1.21 bits per heavy atom. The Morgan fingerprint density at radius 2 is 2.16 bits per heavy atom. The maximum Gasteiger partial charge on any atom is 0.121 e. The molecule has 0 aliphatic carbocycles. The highest BCUT2D eigenvalue weighted by molar-refractivity contribution is 5.48. The van der Waals surface area contributed by atoms with Gasteiger partial charge >= 0.3 is 0 Å². The first kappa shape index (κ1) is 13.3. The van der Waals surface area contributed by atoms with E-state index in [1.54, 1.807) is 25.7 Å². The molecule has 0 saturated heterocycles. The average molecular weight is 259 g/mol. The standard InChI is InChI=1S/C14H17N3O2/c1-18-7-8-19-14-4-2-3-12(9-14)17-11-13-10-15-5-6-16-13/h2-6,9-10,17H,7-8,11H2,1H3. The molecule has 0 bridgehead atoms. The van der Waals surface area contributed by atoms with Gasteiger partial charge in [-0.15, -0.1) is 0 Å². The SMILES string of the molecule is COCCOc1cccc(NCc2cnccn2)c1. The fourth-order valence-electron chi connectivity index (χ4n) is 1.55. The quantitative estimate of drug-likeness (QED) is 0.772. The highest BCUT2D eigenvalue weighted by Gasteiger charge is 1.98. The summed E-state index contributed by atoms with van der Waals surface area (Å²) in [7, 11) is 1.65. The van der Waals surface area contributed by atoms with Gasteiger partial charge in [-0.3, -0.25) is 9.97 Å². The van der Waals surface area contributed by atoms with E-state index in [-0.39, 0.29) is 0 Å². The zero-order valence-corrected chi connectivity index (χ0v) is 10.9. The molecule has 1 aromatic carbocycles. The molecule has 0 spiro atoms. The Bertz CT molecular complexity index is 491. The van der Waals surface area contributed by atoms with Crippen molar-refractivity contribution in [1.29, 1.82) is 0 Å². The average Bonchev–Trinajstić information content (AvgIpc) is 2.47. The van der Waals surface area contributed by atoms with Gasteiger partial charge in [-0.1, -0.05) is 6.07 Å². The predicted octanol–water partition coefficient (Wildman–Crippen LogP) is 2.11. The van der Waals surface area contributed by atoms with Gasteiger partial charge in [0, 0.05) is 31.3 Å². The van der Waals surface area contributed by atoms with Crippen molar-refractivity contribution in [2.45, 2.75) is 6.54 Å². The number of hydrogen-bond donors (Lipinski definition) is 1. The van der Waals surface area contributed by atoms with E-state index >= 15 is 0 Å². The van der Waals surface area contributed by atoms with Crippen molar-refractivity contribution in [3.63, 3.8) is 0 Å². The zero-order chi connectivity index (χ0) is 13.3. The number of nitrogens with one attached hydrogen (secondary N) is 1. The van der Waals surface area contributed by atoms with E-state index in [1.165, 1.54) is 0 Å². The van der Waals surface area contributed by atoms with Gasteiger partial charge in [0.05, 0.1) is 25.0 Å². The molecule has 1 N–H and O–H groups in total. The predicted molar refractivity (Wildman–Crippen MR) is 73.2 cm³/mol. The number of benzene rings is 1. The molecule has 0 fully saturated rings. The highest BCUT2D eigenvalue weighted by Crippen LogP contribution is 2.17. The van der Waals surface area contributed by atoms with Crippen LogP contribution in [0.2, 0.25) is 0 Å². The van der Waals surface area contributed by atoms with Crippen molar-refractivity contribution >= 4 is 5.69 Å². The number of nitrogens with zero attached hydrogens (tertiary/aromatic N) is 2. The Kier molecular flexibility index (Phi) is 5.13. The summed E-state index contributed by atoms with van der Waals surface area (Å²) in [6.07, 6.45) is 5.08. The van der Waals surface area contributed by atoms with Crippen LogP contribution in [0.5, 0.6) is 5.75 Å². The van der Waals surface area contributed by atoms with Crippen molar-refractivity contribution in [3.8, 4) is 5.75 Å². The largest absolute Gasteiger partial charge is 0.491 e. The lowest BCUT2D eigenvalue weighted by Gasteiger charge is -2.09. The lowest BCUT2D eigenvalue weighted by atomic mass is 10.3. The fourth-order valence-corrected chi connectivity index (χ4v) is 1.55. The second kappa shape index (κ2) is 7.33. The minimum atomic E-state index is 0.546. The molecule has 0 radical (unpaired) electrons. The van der Waals surface area contributed by atoms with Gasteiger partial charge < -0.3 is 14.8 Å². The van der Waals surface area contributed by atoms with E-state index < -0.39 is 0 Å². The minimum absolute atomic E-state index is 0.546. The molecule has 0 saturated carbocycles. The Labute approximate surface area is 112 Å². The van der Waals surface area contributed by atoms with Crippen LogP contribution in [0.3, 0.4) is 0 Å². The molecule has 0 unspecified atom stereocenters. The summed E-state index contributed by atoms with van der Waals surface area (Å²) in [6.45, 7) is 1.76. The summed E-state index contributed by atoms with van der Waals surface area (Å²) < 4.78 is 10.5. The molecule has 0 aliphatic heterocycles. The second-order valence-electron chi connectivity index (χ2n) is 3.92. The van der Waals surface area contributed by atoms with Gasteiger partial charge in [-0.25, -0.2) is 0 Å². The van der Waals surface area contributed by atoms with Crippen LogP contribution in [0, 0.1) is 0 Å². The summed E-state index contributed by atoms with van der Waals surface area (Å²) in [5.41, 5.74) is 1.88. The summed E-state index contributed by atoms with van der Waals surface area (Å²) in [4.78, 5) is 8.23. The van der Waals surface area contributed by atoms with Crippen molar-refractivity contribution in [3.05, 3.63) is 48.5 Å². The number of rotatable bonds is 7. The van der Waals surface area contributed by atoms with Gasteiger partial charge in [0.2, 0.25) is 0 Å². The topological polar surface area (TPSA) is 56.3 Å². The van der Waals surface area contributed by atoms with Crippen LogP contribution in [0.1, 0.15) is 5.69 Å². The molecule has 100 valence electrons. The molecule has 2 rings (SSSR count). The summed E-state index contributed by atoms with van der Waals surface area (Å²) in [5.74, 6) is 0.821. The maximum atomic E-state index is 5.55. The lowest BCUT2D eigenvalue weighted by Crippen LogP contribution is -2.05. The summed E-state index contributed by atoms with van der Waals surface area (Å²) in [5, 5.41) is 3.28. The van der Waals surface area contributed by atoms with Gasteiger partial charge in [-0.2, -0.15) is 0 Å². The second-order valence-corrected chi connectivity index (χ2v) is 3.92. The van der Waals surface area contributed by atoms with E-state index in [1.807, 2.05) is 24.3 Å². The lowest BCUT2D eigenvalue weighted by molar-refractivity contribution is 0.146. The van der Waals surface area contributed by atoms with Crippen LogP contribution < -0.4 is 10.1 Å². The number of anilines is 1. The molecule has 5 nitrogen and oxygen atoms in total. The smallest absolute Gasteiger partial charge is 0.121 e. The molecule has 0 aliphatic rings. The van der Waals surface area contributed by atoms with Gasteiger partial charge in [0.1, 0.15) is 12.4 Å². The first-order valence-electron chi connectivity index (χ1n) is 6.09. The van der Waals surface area contributed by atoms with Crippen LogP contribution in [-0.4, -0.2) is 30.3 Å². The molecular weight excluding hydrogens is 242 g/mol. The maximum absolute atomic E-state index is 5.55. The third-order valence-electron chi connectivity index (χ3n) is 2.48. The van der Waals surface area contributed by atoms with E-state index in [2.05, 4.69) is 15.3 Å². The van der Waals surface area contributed by atoms with E-state index in [4.69, 9.17) is 9.47 Å². The van der Waals surface area contributed by atoms with Crippen LogP contribution in [0.4, 0.5) is 5.69 Å². The molecule has 0 atom stereocenters. The third-order valence-corrected chi connectivity index (χ3v) is 2.48. The van der Waals surface area contributed by atoms with Crippen LogP contribution in [0.15, 0.2) is 42.9 Å². The van der Waals surface area contributed by atoms with E-state index in [0.717, 1.165) is 17.1 Å². The van der Waals surface area contributed by atoms with Gasteiger partial charge in [0.15, 0.2) is 0 Å².